The van der Waals surface area contributed by atoms with E-state index in [1.165, 1.54) is 234 Å². The molecule has 0 amide bonds. The van der Waals surface area contributed by atoms with Crippen LogP contribution in [0.25, 0.3) is 31.3 Å². The van der Waals surface area contributed by atoms with Crippen LogP contribution in [0.5, 0.6) is 0 Å². The van der Waals surface area contributed by atoms with Crippen molar-refractivity contribution >= 4 is 156 Å². The topological polar surface area (TPSA) is 13.0 Å². The maximum atomic E-state index is 2.90. The van der Waals surface area contributed by atoms with E-state index < -0.39 is 0 Å². The molecule has 10 aliphatic rings. The molecule has 8 heteroatoms. The molecule has 0 saturated carbocycles. The highest BCUT2D eigenvalue weighted by Crippen LogP contribution is 2.63. The molecule has 11 aromatic carbocycles. The summed E-state index contributed by atoms with van der Waals surface area (Å²) in [4.78, 5) is 11.3. The first-order valence-electron chi connectivity index (χ1n) is 53.6. The van der Waals surface area contributed by atoms with E-state index in [0.717, 1.165) is 70.6 Å². The quantitative estimate of drug-likeness (QED) is 0.134. The van der Waals surface area contributed by atoms with Crippen molar-refractivity contribution in [2.75, 3.05) is 19.6 Å². The number of rotatable bonds is 9. The normalized spacial score (nSPS) is 21.5. The van der Waals surface area contributed by atoms with E-state index in [-0.39, 0.29) is 94.7 Å². The number of nitrogens with zero attached hydrogens (tertiary/aromatic N) is 4. The Morgan fingerprint density at radius 3 is 1.08 bits per heavy atom. The van der Waals surface area contributed by atoms with Gasteiger partial charge in [0.05, 0.1) is 17.1 Å². The standard InChI is InChI=1S/C131H154B2N4S2/c1-77-60-105-111-106(61-77)137(102-41-37-36-40-85(102)78-38-34-33-35-39-78)114-87-70-93-99(76-110(87)139-116(114)132(111)100-71-94-96(127(24,25)53-51-125(94,20)21)73-103(100)134(105)82-42-44-88-90(67-82)122(14,15)48-46-120(88,10)11)131(32,59-57-130(93,30)31)58-56-119(8,9)81-62-79(117(2,3)4)63-84(64-81)136-108-66-80(118(5,6)7)65-107-112(108)133(115-113(136)86-69-92-98(75-109(86)138-115)129(28,29)55-50-124(92,18)19)101-72-95-97(128(26,27)54-52-126(95,22)23)74-104(101)135(107)83-43-45-89-91(68-83)123(16,17)49-47-121(89,12)13/h33-45,60-76H,46-59H2,1-32H3. The van der Waals surface area contributed by atoms with Crippen LogP contribution in [0.15, 0.2) is 182 Å². The molecule has 4 nitrogen and oxygen atoms in total. The first kappa shape index (κ1) is 93.3. The van der Waals surface area contributed by atoms with Crippen LogP contribution in [0.4, 0.5) is 68.2 Å². The summed E-state index contributed by atoms with van der Waals surface area (Å²) in [5.74, 6) is 0. The molecule has 0 fully saturated rings. The molecule has 6 aliphatic carbocycles. The minimum Gasteiger partial charge on any atom is -0.311 e. The molecule has 23 rings (SSSR count). The molecule has 139 heavy (non-hydrogen) atoms. The van der Waals surface area contributed by atoms with E-state index in [4.69, 9.17) is 0 Å². The van der Waals surface area contributed by atoms with Crippen LogP contribution in [0.2, 0.25) is 0 Å². The smallest absolute Gasteiger partial charge is 0.264 e. The second-order valence-corrected chi connectivity index (χ2v) is 58.1. The average Bonchev–Trinajstić information content (AvgIpc) is 0.842. The fourth-order valence-electron chi connectivity index (χ4n) is 28.3. The van der Waals surface area contributed by atoms with Crippen LogP contribution in [-0.2, 0) is 81.2 Å². The van der Waals surface area contributed by atoms with Crippen LogP contribution < -0.4 is 51.0 Å². The zero-order valence-electron chi connectivity index (χ0n) is 90.5. The van der Waals surface area contributed by atoms with Gasteiger partial charge in [0.1, 0.15) is 0 Å². The molecule has 1 unspecified atom stereocenters. The molecule has 0 saturated heterocycles. The highest BCUT2D eigenvalue weighted by molar-refractivity contribution is 7.34. The van der Waals surface area contributed by atoms with Gasteiger partial charge in [-0.05, 0) is 398 Å². The van der Waals surface area contributed by atoms with Gasteiger partial charge in [0.2, 0.25) is 0 Å². The summed E-state index contributed by atoms with van der Waals surface area (Å²) in [6.07, 6.45) is 15.9. The third kappa shape index (κ3) is 14.1. The molecule has 0 spiro atoms. The minimum absolute atomic E-state index is 0.00254. The number of aryl methyl sites for hydroxylation is 1. The number of para-hydroxylation sites is 1. The molecule has 6 heterocycles. The Labute approximate surface area is 844 Å². The summed E-state index contributed by atoms with van der Waals surface area (Å²) in [5.41, 5.74) is 47.0. The highest BCUT2D eigenvalue weighted by atomic mass is 32.1. The molecule has 716 valence electrons. The monoisotopic (exact) mass is 1870 g/mol. The first-order chi connectivity index (χ1) is 64.8. The van der Waals surface area contributed by atoms with Crippen LogP contribution in [0, 0.1) is 6.92 Å². The average molecular weight is 1870 g/mol. The molecule has 1 atom stereocenters. The largest absolute Gasteiger partial charge is 0.311 e. The van der Waals surface area contributed by atoms with E-state index in [2.05, 4.69) is 446 Å². The van der Waals surface area contributed by atoms with Gasteiger partial charge in [-0.2, -0.15) is 0 Å². The van der Waals surface area contributed by atoms with Gasteiger partial charge < -0.3 is 19.6 Å². The van der Waals surface area contributed by atoms with Crippen LogP contribution in [0.3, 0.4) is 0 Å². The lowest BCUT2D eigenvalue weighted by atomic mass is 9.35. The molecule has 0 bridgehead atoms. The molecular weight excluding hydrogens is 1720 g/mol. The van der Waals surface area contributed by atoms with E-state index in [1.807, 2.05) is 0 Å². The molecule has 13 aromatic rings. The summed E-state index contributed by atoms with van der Waals surface area (Å²) in [6.45, 7) is 80.9. The summed E-state index contributed by atoms with van der Waals surface area (Å²) < 4.78 is 5.75. The third-order valence-corrected chi connectivity index (χ3v) is 41.0. The van der Waals surface area contributed by atoms with Crippen molar-refractivity contribution in [2.45, 2.75) is 393 Å². The van der Waals surface area contributed by atoms with Crippen molar-refractivity contribution in [1.29, 1.82) is 0 Å². The van der Waals surface area contributed by atoms with E-state index in [0.29, 0.717) is 0 Å². The Hall–Kier alpha value is -9.33. The molecule has 0 N–H and O–H groups in total. The number of thiophene rings is 2. The predicted molar refractivity (Wildman–Crippen MR) is 608 cm³/mol. The molecular formula is C131H154B2N4S2. The molecule has 4 aliphatic heterocycles. The van der Waals surface area contributed by atoms with E-state index in [1.54, 1.807) is 5.56 Å². The van der Waals surface area contributed by atoms with E-state index >= 15 is 0 Å². The number of fused-ring (bicyclic) bond motifs is 18. The summed E-state index contributed by atoms with van der Waals surface area (Å²) >= 11 is 4.24. The van der Waals surface area contributed by atoms with Crippen molar-refractivity contribution in [2.24, 2.45) is 0 Å². The maximum absolute atomic E-state index is 2.90. The number of hydrogen-bond acceptors (Lipinski definition) is 6. The zero-order chi connectivity index (χ0) is 98.6. The summed E-state index contributed by atoms with van der Waals surface area (Å²) in [7, 11) is 0. The number of anilines is 12. The van der Waals surface area contributed by atoms with Crippen LogP contribution >= 0.6 is 22.7 Å². The Morgan fingerprint density at radius 2 is 0.626 bits per heavy atom. The van der Waals surface area contributed by atoms with Gasteiger partial charge in [0, 0.05) is 86.5 Å². The summed E-state index contributed by atoms with van der Waals surface area (Å²) in [6, 6.07) is 76.9. The number of benzene rings is 11. The Kier molecular flexibility index (Phi) is 20.1. The van der Waals surface area contributed by atoms with Gasteiger partial charge in [0.25, 0.3) is 13.4 Å². The second kappa shape index (κ2) is 29.9. The lowest BCUT2D eigenvalue weighted by molar-refractivity contribution is 0.272. The van der Waals surface area contributed by atoms with Crippen molar-refractivity contribution in [3.63, 3.8) is 0 Å². The van der Waals surface area contributed by atoms with Crippen LogP contribution in [-0.4, -0.2) is 13.4 Å². The Bertz CT molecular complexity index is 7420. The zero-order valence-corrected chi connectivity index (χ0v) is 92.1. The Morgan fingerprint density at radius 1 is 0.281 bits per heavy atom. The number of hydrogen-bond donors (Lipinski definition) is 0. The Balaban J connectivity index is 0.713. The van der Waals surface area contributed by atoms with Gasteiger partial charge in [0.15, 0.2) is 0 Å². The third-order valence-electron chi connectivity index (χ3n) is 38.6. The van der Waals surface area contributed by atoms with Gasteiger partial charge >= 0.3 is 0 Å². The minimum atomic E-state index is -0.257. The van der Waals surface area contributed by atoms with Crippen LogP contribution in [0.1, 0.15) is 394 Å². The second-order valence-electron chi connectivity index (χ2n) is 56.0. The van der Waals surface area contributed by atoms with E-state index in [9.17, 15) is 0 Å². The highest BCUT2D eigenvalue weighted by Gasteiger charge is 2.55. The SMILES string of the molecule is Cc1cc2c3c(c1)N(c1ccccc1-c1ccccc1)c1c(sc4cc5c(cc14)C(C)(C)CCC5(C)CCC(C)(C)c1cc(N4c5cc(C(C)(C)C)cc6c5B(c5cc7c(cc5N6c5ccc6c(c5)C(C)(C)CCC6(C)C)C(C)(C)CCC7(C)C)c5sc6cc7c(cc6c54)C(C)(C)CCC7(C)C)cc(C(C)(C)C)c1)B3c1cc3c(cc1N2c1ccc2c(c1)C(C)(C)CCC2(C)C)C(C)(C)CCC3(C)C. The lowest BCUT2D eigenvalue weighted by Crippen LogP contribution is -2.61. The van der Waals surface area contributed by atoms with Crippen molar-refractivity contribution in [3.05, 3.63) is 271 Å². The fourth-order valence-corrected chi connectivity index (χ4v) is 30.9. The lowest BCUT2D eigenvalue weighted by Gasteiger charge is -2.48. The van der Waals surface area contributed by atoms with Crippen molar-refractivity contribution < 1.29 is 0 Å². The first-order valence-corrected chi connectivity index (χ1v) is 55.2. The fraction of sp³-hybridized carbons (Fsp3) is 0.466. The van der Waals surface area contributed by atoms with Crippen molar-refractivity contribution in [3.8, 4) is 11.1 Å². The van der Waals surface area contributed by atoms with Crippen molar-refractivity contribution in [1.82, 2.24) is 0 Å². The molecule has 0 radical (unpaired) electrons. The summed E-state index contributed by atoms with van der Waals surface area (Å²) in [5, 5.41) is 2.78. The maximum Gasteiger partial charge on any atom is 0.264 e. The van der Waals surface area contributed by atoms with Gasteiger partial charge in [-0.1, -0.05) is 293 Å². The van der Waals surface area contributed by atoms with Gasteiger partial charge in [-0.25, -0.2) is 0 Å². The van der Waals surface area contributed by atoms with Gasteiger partial charge in [-0.3, -0.25) is 0 Å². The molecule has 2 aromatic heterocycles. The van der Waals surface area contributed by atoms with Gasteiger partial charge in [-0.15, -0.1) is 22.7 Å². The predicted octanol–water partition coefficient (Wildman–Crippen LogP) is 33.7.